The van der Waals surface area contributed by atoms with Gasteiger partial charge in [-0.05, 0) is 43.9 Å². The van der Waals surface area contributed by atoms with E-state index >= 15 is 0 Å². The van der Waals surface area contributed by atoms with E-state index in [1.807, 2.05) is 6.08 Å². The van der Waals surface area contributed by atoms with Crippen molar-refractivity contribution in [2.75, 3.05) is 0 Å². The summed E-state index contributed by atoms with van der Waals surface area (Å²) >= 11 is 0. The van der Waals surface area contributed by atoms with Crippen LogP contribution in [0, 0.1) is 11.8 Å². The van der Waals surface area contributed by atoms with E-state index in [9.17, 15) is 20.1 Å². The number of allylic oxidation sites excluding steroid dienone is 1. The highest BCUT2D eigenvalue weighted by atomic mass is 16.4. The van der Waals surface area contributed by atoms with Gasteiger partial charge in [-0.2, -0.15) is 0 Å². The van der Waals surface area contributed by atoms with Crippen molar-refractivity contribution in [1.29, 1.82) is 0 Å². The molecule has 0 spiro atoms. The van der Waals surface area contributed by atoms with Gasteiger partial charge in [0.2, 0.25) is 0 Å². The van der Waals surface area contributed by atoms with Crippen molar-refractivity contribution in [2.45, 2.75) is 89.4 Å². The fourth-order valence-electron chi connectivity index (χ4n) is 3.58. The molecule has 5 nitrogen and oxygen atoms in total. The van der Waals surface area contributed by atoms with Gasteiger partial charge in [0, 0.05) is 6.42 Å². The highest BCUT2D eigenvalue weighted by Gasteiger charge is 2.34. The zero-order valence-corrected chi connectivity index (χ0v) is 14.8. The molecule has 5 atom stereocenters. The Bertz CT molecular complexity index is 382. The number of rotatable bonds is 11. The summed E-state index contributed by atoms with van der Waals surface area (Å²) in [6.07, 6.45) is 9.42. The van der Waals surface area contributed by atoms with E-state index in [0.717, 1.165) is 38.5 Å². The Morgan fingerprint density at radius 1 is 1.17 bits per heavy atom. The van der Waals surface area contributed by atoms with Crippen LogP contribution in [0.1, 0.15) is 71.1 Å². The molecule has 1 fully saturated rings. The lowest BCUT2D eigenvalue weighted by atomic mass is 9.73. The summed E-state index contributed by atoms with van der Waals surface area (Å²) in [5.41, 5.74) is 0. The van der Waals surface area contributed by atoms with Crippen molar-refractivity contribution < 1.29 is 25.2 Å². The van der Waals surface area contributed by atoms with Crippen molar-refractivity contribution in [3.05, 3.63) is 12.2 Å². The van der Waals surface area contributed by atoms with Gasteiger partial charge in [0.25, 0.3) is 0 Å². The summed E-state index contributed by atoms with van der Waals surface area (Å²) in [5.74, 6) is -0.725. The third-order valence-corrected chi connectivity index (χ3v) is 4.96. The molecule has 5 heteroatoms. The molecule has 0 bridgehead atoms. The molecule has 140 valence electrons. The molecule has 0 aromatic heterocycles. The molecule has 4 N–H and O–H groups in total. The van der Waals surface area contributed by atoms with Gasteiger partial charge in [0.1, 0.15) is 0 Å². The highest BCUT2D eigenvalue weighted by Crippen LogP contribution is 2.35. The van der Waals surface area contributed by atoms with Crippen LogP contribution in [0.15, 0.2) is 12.2 Å². The SMILES string of the molecule is CCCCC[C@@H](O)/C=C/[C@H]1C[C@H](O)C[C@H](O)[C@@H]1CCCCC(=O)O. The Labute approximate surface area is 145 Å². The van der Waals surface area contributed by atoms with E-state index in [0.29, 0.717) is 19.3 Å². The molecule has 0 heterocycles. The number of carboxylic acid groups (broad SMARTS) is 1. The number of hydrogen-bond acceptors (Lipinski definition) is 4. The maximum atomic E-state index is 10.6. The van der Waals surface area contributed by atoms with Crippen LogP contribution in [-0.4, -0.2) is 44.7 Å². The lowest BCUT2D eigenvalue weighted by molar-refractivity contribution is -0.137. The van der Waals surface area contributed by atoms with Crippen molar-refractivity contribution in [2.24, 2.45) is 11.8 Å². The smallest absolute Gasteiger partial charge is 0.303 e. The minimum Gasteiger partial charge on any atom is -0.481 e. The average molecular weight is 342 g/mol. The van der Waals surface area contributed by atoms with Crippen molar-refractivity contribution in [3.63, 3.8) is 0 Å². The normalized spacial score (nSPS) is 29.0. The molecule has 0 saturated heterocycles. The van der Waals surface area contributed by atoms with Crippen molar-refractivity contribution in [3.8, 4) is 0 Å². The number of aliphatic hydroxyl groups excluding tert-OH is 3. The lowest BCUT2D eigenvalue weighted by Crippen LogP contribution is -2.38. The first-order valence-corrected chi connectivity index (χ1v) is 9.38. The van der Waals surface area contributed by atoms with Gasteiger partial charge in [-0.3, -0.25) is 4.79 Å². The van der Waals surface area contributed by atoms with E-state index in [2.05, 4.69) is 6.92 Å². The highest BCUT2D eigenvalue weighted by molar-refractivity contribution is 5.66. The predicted molar refractivity (Wildman–Crippen MR) is 93.6 cm³/mol. The first-order valence-electron chi connectivity index (χ1n) is 9.38. The van der Waals surface area contributed by atoms with Crippen LogP contribution < -0.4 is 0 Å². The average Bonchev–Trinajstić information content (AvgIpc) is 2.51. The largest absolute Gasteiger partial charge is 0.481 e. The number of carbonyl (C=O) groups is 1. The monoisotopic (exact) mass is 342 g/mol. The molecule has 0 aromatic carbocycles. The molecule has 0 aromatic rings. The lowest BCUT2D eigenvalue weighted by Gasteiger charge is -2.37. The standard InChI is InChI=1S/C19H34O5/c1-2-3-4-7-15(20)11-10-14-12-16(21)13-18(22)17(14)8-5-6-9-19(23)24/h10-11,14-18,20-22H,2-9,12-13H2,1H3,(H,23,24)/b11-10+/t14-,15+,16-,17+,18-/m0/s1. The second-order valence-corrected chi connectivity index (χ2v) is 7.11. The van der Waals surface area contributed by atoms with Gasteiger partial charge in [-0.15, -0.1) is 0 Å². The van der Waals surface area contributed by atoms with Crippen LogP contribution in [-0.2, 0) is 4.79 Å². The fourth-order valence-corrected chi connectivity index (χ4v) is 3.58. The van der Waals surface area contributed by atoms with Crippen LogP contribution in [0.5, 0.6) is 0 Å². The molecule has 1 rings (SSSR count). The summed E-state index contributed by atoms with van der Waals surface area (Å²) in [6, 6.07) is 0. The Kier molecular flexibility index (Phi) is 10.2. The minimum atomic E-state index is -0.790. The van der Waals surface area contributed by atoms with Crippen LogP contribution in [0.4, 0.5) is 0 Å². The number of unbranched alkanes of at least 4 members (excludes halogenated alkanes) is 3. The number of aliphatic hydroxyl groups is 3. The summed E-state index contributed by atoms with van der Waals surface area (Å²) in [5, 5.41) is 38.9. The third kappa shape index (κ3) is 8.27. The second kappa shape index (κ2) is 11.6. The zero-order chi connectivity index (χ0) is 17.9. The topological polar surface area (TPSA) is 98.0 Å². The first-order chi connectivity index (χ1) is 11.4. The van der Waals surface area contributed by atoms with Gasteiger partial charge in [0.05, 0.1) is 18.3 Å². The van der Waals surface area contributed by atoms with Crippen molar-refractivity contribution in [1.82, 2.24) is 0 Å². The van der Waals surface area contributed by atoms with E-state index < -0.39 is 24.3 Å². The van der Waals surface area contributed by atoms with Crippen LogP contribution in [0.2, 0.25) is 0 Å². The molecule has 1 aliphatic rings. The summed E-state index contributed by atoms with van der Waals surface area (Å²) in [7, 11) is 0. The zero-order valence-electron chi connectivity index (χ0n) is 14.8. The number of carboxylic acids is 1. The van der Waals surface area contributed by atoms with Gasteiger partial charge < -0.3 is 20.4 Å². The summed E-state index contributed by atoms with van der Waals surface area (Å²) < 4.78 is 0. The Morgan fingerprint density at radius 2 is 1.92 bits per heavy atom. The maximum Gasteiger partial charge on any atom is 0.303 e. The molecule has 24 heavy (non-hydrogen) atoms. The van der Waals surface area contributed by atoms with E-state index in [1.54, 1.807) is 6.08 Å². The third-order valence-electron chi connectivity index (χ3n) is 4.96. The van der Waals surface area contributed by atoms with E-state index in [1.165, 1.54) is 0 Å². The van der Waals surface area contributed by atoms with E-state index in [4.69, 9.17) is 5.11 Å². The molecular formula is C19H34O5. The van der Waals surface area contributed by atoms with Gasteiger partial charge in [-0.1, -0.05) is 44.8 Å². The Morgan fingerprint density at radius 3 is 2.58 bits per heavy atom. The van der Waals surface area contributed by atoms with Crippen LogP contribution in [0.3, 0.4) is 0 Å². The van der Waals surface area contributed by atoms with Crippen molar-refractivity contribution >= 4 is 5.97 Å². The Hall–Kier alpha value is -0.910. The molecular weight excluding hydrogens is 308 g/mol. The first kappa shape index (κ1) is 21.1. The van der Waals surface area contributed by atoms with Gasteiger partial charge in [-0.25, -0.2) is 0 Å². The minimum absolute atomic E-state index is 0.0290. The summed E-state index contributed by atoms with van der Waals surface area (Å²) in [6.45, 7) is 2.13. The number of aliphatic carboxylic acids is 1. The molecule has 1 saturated carbocycles. The van der Waals surface area contributed by atoms with Crippen LogP contribution >= 0.6 is 0 Å². The second-order valence-electron chi connectivity index (χ2n) is 7.11. The van der Waals surface area contributed by atoms with Crippen LogP contribution in [0.25, 0.3) is 0 Å². The molecule has 1 aliphatic carbocycles. The van der Waals surface area contributed by atoms with Gasteiger partial charge >= 0.3 is 5.97 Å². The molecule has 0 aliphatic heterocycles. The number of hydrogen-bond donors (Lipinski definition) is 4. The molecule has 0 unspecified atom stereocenters. The fraction of sp³-hybridized carbons (Fsp3) is 0.842. The Balaban J connectivity index is 2.52. The maximum absolute atomic E-state index is 10.6. The summed E-state index contributed by atoms with van der Waals surface area (Å²) in [4.78, 5) is 10.6. The van der Waals surface area contributed by atoms with Gasteiger partial charge in [0.15, 0.2) is 0 Å². The van der Waals surface area contributed by atoms with E-state index in [-0.39, 0.29) is 18.3 Å². The predicted octanol–water partition coefficient (Wildman–Crippen LogP) is 2.88. The quantitative estimate of drug-likeness (QED) is 0.342. The molecule has 0 amide bonds. The molecule has 0 radical (unpaired) electrons.